The van der Waals surface area contributed by atoms with Crippen molar-refractivity contribution in [2.75, 3.05) is 10.0 Å². The minimum atomic E-state index is -3.81. The molecular weight excluding hydrogens is 352 g/mol. The second kappa shape index (κ2) is 7.02. The van der Waals surface area contributed by atoms with Crippen LogP contribution in [0.4, 0.5) is 11.4 Å². The fourth-order valence-corrected chi connectivity index (χ4v) is 3.36. The van der Waals surface area contributed by atoms with E-state index in [2.05, 4.69) is 10.0 Å². The number of carbonyl (C=O) groups is 2. The molecule has 0 atom stereocenters. The molecule has 8 heteroatoms. The van der Waals surface area contributed by atoms with Gasteiger partial charge in [-0.3, -0.25) is 14.3 Å². The molecule has 0 unspecified atom stereocenters. The lowest BCUT2D eigenvalue weighted by Crippen LogP contribution is -2.13. The standard InChI is InChI=1S/C16H15ClN2O4S/c1-10(20)15-8-5-13(9-16(15)17)19-24(22,23)14-6-3-12(4-7-14)18-11(2)21/h3-9,19H,1-2H3,(H,18,21). The number of carbonyl (C=O) groups excluding carboxylic acids is 2. The summed E-state index contributed by atoms with van der Waals surface area (Å²) in [4.78, 5) is 22.3. The van der Waals surface area contributed by atoms with Gasteiger partial charge in [0, 0.05) is 18.2 Å². The highest BCUT2D eigenvalue weighted by Crippen LogP contribution is 2.24. The number of nitrogens with one attached hydrogen (secondary N) is 2. The molecule has 2 rings (SSSR count). The van der Waals surface area contributed by atoms with Gasteiger partial charge in [0.25, 0.3) is 10.0 Å². The van der Waals surface area contributed by atoms with Gasteiger partial charge in [0.15, 0.2) is 5.78 Å². The summed E-state index contributed by atoms with van der Waals surface area (Å²) in [5.74, 6) is -0.452. The quantitative estimate of drug-likeness (QED) is 0.794. The topological polar surface area (TPSA) is 92.3 Å². The van der Waals surface area contributed by atoms with Gasteiger partial charge in [-0.15, -0.1) is 0 Å². The Morgan fingerprint density at radius 2 is 1.54 bits per heavy atom. The van der Waals surface area contributed by atoms with Crippen LogP contribution < -0.4 is 10.0 Å². The van der Waals surface area contributed by atoms with E-state index in [-0.39, 0.29) is 27.3 Å². The second-order valence-corrected chi connectivity index (χ2v) is 7.15. The highest BCUT2D eigenvalue weighted by Gasteiger charge is 2.15. The van der Waals surface area contributed by atoms with Gasteiger partial charge in [-0.05, 0) is 49.4 Å². The van der Waals surface area contributed by atoms with Crippen molar-refractivity contribution in [3.63, 3.8) is 0 Å². The van der Waals surface area contributed by atoms with Crippen molar-refractivity contribution in [2.45, 2.75) is 18.7 Å². The maximum absolute atomic E-state index is 12.4. The van der Waals surface area contributed by atoms with Crippen LogP contribution in [-0.2, 0) is 14.8 Å². The van der Waals surface area contributed by atoms with E-state index in [1.54, 1.807) is 0 Å². The van der Waals surface area contributed by atoms with Crippen LogP contribution in [0.15, 0.2) is 47.4 Å². The molecular formula is C16H15ClN2O4S. The summed E-state index contributed by atoms with van der Waals surface area (Å²) in [6.45, 7) is 2.74. The first-order chi connectivity index (χ1) is 11.2. The molecule has 2 N–H and O–H groups in total. The SMILES string of the molecule is CC(=O)Nc1ccc(S(=O)(=O)Nc2ccc(C(C)=O)c(Cl)c2)cc1. The predicted octanol–water partition coefficient (Wildman–Crippen LogP) is 3.30. The molecule has 0 saturated carbocycles. The lowest BCUT2D eigenvalue weighted by Gasteiger charge is -2.10. The number of rotatable bonds is 5. The fourth-order valence-electron chi connectivity index (χ4n) is 2.00. The van der Waals surface area contributed by atoms with Crippen molar-refractivity contribution in [2.24, 2.45) is 0 Å². The highest BCUT2D eigenvalue weighted by atomic mass is 35.5. The van der Waals surface area contributed by atoms with Crippen molar-refractivity contribution in [1.82, 2.24) is 0 Å². The zero-order chi connectivity index (χ0) is 17.9. The van der Waals surface area contributed by atoms with Crippen LogP contribution in [0, 0.1) is 0 Å². The van der Waals surface area contributed by atoms with Gasteiger partial charge in [-0.1, -0.05) is 11.6 Å². The zero-order valence-corrected chi connectivity index (χ0v) is 14.5. The second-order valence-electron chi connectivity index (χ2n) is 5.06. The molecule has 0 aromatic heterocycles. The number of hydrogen-bond acceptors (Lipinski definition) is 4. The van der Waals surface area contributed by atoms with Crippen molar-refractivity contribution < 1.29 is 18.0 Å². The molecule has 1 amide bonds. The highest BCUT2D eigenvalue weighted by molar-refractivity contribution is 7.92. The molecule has 0 fully saturated rings. The molecule has 0 aliphatic carbocycles. The average molecular weight is 367 g/mol. The van der Waals surface area contributed by atoms with E-state index in [0.717, 1.165) is 0 Å². The molecule has 2 aromatic rings. The van der Waals surface area contributed by atoms with Crippen molar-refractivity contribution in [3.8, 4) is 0 Å². The minimum absolute atomic E-state index is 0.0309. The Kier molecular flexibility index (Phi) is 5.26. The maximum atomic E-state index is 12.4. The summed E-state index contributed by atoms with van der Waals surface area (Å²) in [6.07, 6.45) is 0. The Balaban J connectivity index is 2.23. The first-order valence-corrected chi connectivity index (χ1v) is 8.76. The molecule has 0 heterocycles. The summed E-state index contributed by atoms with van der Waals surface area (Å²) in [5, 5.41) is 2.72. The van der Waals surface area contributed by atoms with Crippen LogP contribution in [0.2, 0.25) is 5.02 Å². The Bertz CT molecular complexity index is 893. The van der Waals surface area contributed by atoms with E-state index >= 15 is 0 Å². The van der Waals surface area contributed by atoms with E-state index in [9.17, 15) is 18.0 Å². The molecule has 6 nitrogen and oxygen atoms in total. The van der Waals surface area contributed by atoms with E-state index in [0.29, 0.717) is 11.3 Å². The Labute approximate surface area is 144 Å². The third kappa shape index (κ3) is 4.33. The largest absolute Gasteiger partial charge is 0.326 e. The summed E-state index contributed by atoms with van der Waals surface area (Å²) in [6, 6.07) is 10.0. The molecule has 0 bridgehead atoms. The Morgan fingerprint density at radius 1 is 0.958 bits per heavy atom. The number of ketones is 1. The molecule has 126 valence electrons. The summed E-state index contributed by atoms with van der Waals surface area (Å²) < 4.78 is 27.1. The van der Waals surface area contributed by atoms with E-state index in [1.807, 2.05) is 0 Å². The molecule has 0 aliphatic rings. The molecule has 0 radical (unpaired) electrons. The van der Waals surface area contributed by atoms with Crippen molar-refractivity contribution >= 4 is 44.7 Å². The number of Topliss-reactive ketones (excluding diaryl/α,β-unsaturated/α-hetero) is 1. The van der Waals surface area contributed by atoms with Gasteiger partial charge in [-0.25, -0.2) is 8.42 Å². The molecule has 2 aromatic carbocycles. The molecule has 0 saturated heterocycles. The van der Waals surface area contributed by atoms with Gasteiger partial charge in [0.05, 0.1) is 15.6 Å². The van der Waals surface area contributed by atoms with E-state index in [1.165, 1.54) is 56.3 Å². The number of anilines is 2. The van der Waals surface area contributed by atoms with Crippen molar-refractivity contribution in [3.05, 3.63) is 53.1 Å². The average Bonchev–Trinajstić information content (AvgIpc) is 2.46. The lowest BCUT2D eigenvalue weighted by atomic mass is 10.1. The van der Waals surface area contributed by atoms with Crippen LogP contribution in [0.1, 0.15) is 24.2 Å². The minimum Gasteiger partial charge on any atom is -0.326 e. The van der Waals surface area contributed by atoms with Crippen molar-refractivity contribution in [1.29, 1.82) is 0 Å². The fraction of sp³-hybridized carbons (Fsp3) is 0.125. The van der Waals surface area contributed by atoms with Gasteiger partial charge < -0.3 is 5.32 Å². The van der Waals surface area contributed by atoms with Gasteiger partial charge in [0.2, 0.25) is 5.91 Å². The maximum Gasteiger partial charge on any atom is 0.261 e. The van der Waals surface area contributed by atoms with Crippen LogP contribution in [-0.4, -0.2) is 20.1 Å². The van der Waals surface area contributed by atoms with Crippen LogP contribution >= 0.6 is 11.6 Å². The Morgan fingerprint density at radius 3 is 2.04 bits per heavy atom. The monoisotopic (exact) mass is 366 g/mol. The third-order valence-corrected chi connectivity index (χ3v) is 4.80. The zero-order valence-electron chi connectivity index (χ0n) is 13.0. The number of hydrogen-bond donors (Lipinski definition) is 2. The number of halogens is 1. The smallest absolute Gasteiger partial charge is 0.261 e. The van der Waals surface area contributed by atoms with E-state index in [4.69, 9.17) is 11.6 Å². The van der Waals surface area contributed by atoms with Gasteiger partial charge in [-0.2, -0.15) is 0 Å². The lowest BCUT2D eigenvalue weighted by molar-refractivity contribution is -0.114. The molecule has 0 aliphatic heterocycles. The third-order valence-electron chi connectivity index (χ3n) is 3.09. The number of amides is 1. The number of sulfonamides is 1. The van der Waals surface area contributed by atoms with E-state index < -0.39 is 10.0 Å². The molecule has 0 spiro atoms. The van der Waals surface area contributed by atoms with Crippen LogP contribution in [0.25, 0.3) is 0 Å². The van der Waals surface area contributed by atoms with Gasteiger partial charge >= 0.3 is 0 Å². The van der Waals surface area contributed by atoms with Crippen LogP contribution in [0.3, 0.4) is 0 Å². The summed E-state index contributed by atoms with van der Waals surface area (Å²) in [5.41, 5.74) is 1.06. The molecule has 24 heavy (non-hydrogen) atoms. The predicted molar refractivity (Wildman–Crippen MR) is 93.0 cm³/mol. The summed E-state index contributed by atoms with van der Waals surface area (Å²) in [7, 11) is -3.81. The number of benzene rings is 2. The summed E-state index contributed by atoms with van der Waals surface area (Å²) >= 11 is 5.97. The Hall–Kier alpha value is -2.38. The first-order valence-electron chi connectivity index (χ1n) is 6.90. The first kappa shape index (κ1) is 18.0. The normalized spacial score (nSPS) is 11.0. The van der Waals surface area contributed by atoms with Crippen LogP contribution in [0.5, 0.6) is 0 Å². The van der Waals surface area contributed by atoms with Gasteiger partial charge in [0.1, 0.15) is 0 Å².